The monoisotopic (exact) mass is 309 g/mol. The van der Waals surface area contributed by atoms with Crippen LogP contribution in [-0.4, -0.2) is 32.9 Å². The molecule has 0 saturated heterocycles. The lowest BCUT2D eigenvalue weighted by Gasteiger charge is -2.08. The third-order valence-corrected chi connectivity index (χ3v) is 3.31. The van der Waals surface area contributed by atoms with E-state index in [2.05, 4.69) is 15.5 Å². The average Bonchev–Trinajstić information content (AvgIpc) is 2.89. The van der Waals surface area contributed by atoms with Crippen LogP contribution in [0.2, 0.25) is 5.02 Å². The quantitative estimate of drug-likeness (QED) is 0.628. The largest absolute Gasteiger partial charge is 0.399 e. The molecule has 0 aliphatic rings. The normalized spacial score (nSPS) is 11.2. The molecule has 1 aromatic heterocycles. The van der Waals surface area contributed by atoms with Gasteiger partial charge in [-0.1, -0.05) is 11.6 Å². The van der Waals surface area contributed by atoms with Gasteiger partial charge in [0.15, 0.2) is 5.82 Å². The van der Waals surface area contributed by atoms with Crippen LogP contribution in [0.15, 0.2) is 18.2 Å². The summed E-state index contributed by atoms with van der Waals surface area (Å²) >= 11 is 6.19. The van der Waals surface area contributed by atoms with Gasteiger partial charge in [0.2, 0.25) is 0 Å². The fraction of sp³-hybridized carbons (Fsp3) is 0.500. The first-order valence-electron chi connectivity index (χ1n) is 7.01. The van der Waals surface area contributed by atoms with Crippen LogP contribution in [0.4, 0.5) is 5.69 Å². The Morgan fingerprint density at radius 2 is 2.14 bits per heavy atom. The molecule has 0 aliphatic heterocycles. The van der Waals surface area contributed by atoms with Crippen LogP contribution in [0, 0.1) is 0 Å². The van der Waals surface area contributed by atoms with Gasteiger partial charge >= 0.3 is 0 Å². The summed E-state index contributed by atoms with van der Waals surface area (Å²) in [4.78, 5) is 0. The topological polar surface area (TPSA) is 78.8 Å². The molecule has 0 atom stereocenters. The van der Waals surface area contributed by atoms with Gasteiger partial charge in [-0.25, -0.2) is 4.68 Å². The number of anilines is 1. The predicted octanol–water partition coefficient (Wildman–Crippen LogP) is 2.78. The first kappa shape index (κ1) is 15.7. The van der Waals surface area contributed by atoms with Crippen LogP contribution < -0.4 is 5.73 Å². The minimum absolute atomic E-state index is 0.264. The van der Waals surface area contributed by atoms with E-state index in [0.717, 1.165) is 31.6 Å². The van der Waals surface area contributed by atoms with Crippen molar-refractivity contribution in [1.29, 1.82) is 0 Å². The van der Waals surface area contributed by atoms with Crippen molar-refractivity contribution in [1.82, 2.24) is 20.2 Å². The molecule has 0 bridgehead atoms. The second kappa shape index (κ2) is 7.38. The molecule has 2 aromatic rings. The molecule has 1 aromatic carbocycles. The first-order chi connectivity index (χ1) is 10.1. The summed E-state index contributed by atoms with van der Waals surface area (Å²) in [5, 5.41) is 12.4. The Bertz CT molecular complexity index is 584. The molecule has 2 N–H and O–H groups in total. The van der Waals surface area contributed by atoms with Gasteiger partial charge in [0.25, 0.3) is 0 Å². The van der Waals surface area contributed by atoms with E-state index < -0.39 is 0 Å². The van der Waals surface area contributed by atoms with Crippen LogP contribution in [-0.2, 0) is 11.3 Å². The van der Waals surface area contributed by atoms with Gasteiger partial charge in [-0.3, -0.25) is 0 Å². The van der Waals surface area contributed by atoms with Crippen molar-refractivity contribution in [2.45, 2.75) is 39.3 Å². The summed E-state index contributed by atoms with van der Waals surface area (Å²) in [6, 6.07) is 5.29. The lowest BCUT2D eigenvalue weighted by atomic mass is 10.2. The second-order valence-corrected chi connectivity index (χ2v) is 5.50. The zero-order valence-corrected chi connectivity index (χ0v) is 13.0. The van der Waals surface area contributed by atoms with E-state index in [1.54, 1.807) is 22.9 Å². The highest BCUT2D eigenvalue weighted by molar-refractivity contribution is 6.33. The molecule has 0 fully saturated rings. The summed E-state index contributed by atoms with van der Waals surface area (Å²) in [6.45, 7) is 5.52. The Kier molecular flexibility index (Phi) is 5.52. The van der Waals surface area contributed by atoms with Gasteiger partial charge in [-0.2, -0.15) is 0 Å². The maximum absolute atomic E-state index is 6.19. The minimum Gasteiger partial charge on any atom is -0.399 e. The standard InChI is InChI=1S/C14H20ClN5O/c1-10(2)21-8-4-3-7-20-14(17-18-19-20)12-9-11(16)5-6-13(12)15/h5-6,9-10H,3-4,7-8,16H2,1-2H3. The molecule has 0 amide bonds. The molecule has 0 aliphatic carbocycles. The number of rotatable bonds is 7. The van der Waals surface area contributed by atoms with E-state index in [9.17, 15) is 0 Å². The predicted molar refractivity (Wildman–Crippen MR) is 83.0 cm³/mol. The first-order valence-corrected chi connectivity index (χ1v) is 7.39. The molecule has 2 rings (SSSR count). The fourth-order valence-corrected chi connectivity index (χ4v) is 2.15. The third-order valence-electron chi connectivity index (χ3n) is 2.98. The third kappa shape index (κ3) is 4.41. The minimum atomic E-state index is 0.264. The number of nitrogens with zero attached hydrogens (tertiary/aromatic N) is 4. The van der Waals surface area contributed by atoms with E-state index >= 15 is 0 Å². The van der Waals surface area contributed by atoms with Crippen LogP contribution in [0.25, 0.3) is 11.4 Å². The van der Waals surface area contributed by atoms with Crippen molar-refractivity contribution < 1.29 is 4.74 Å². The number of aryl methyl sites for hydroxylation is 1. The molecule has 0 saturated carbocycles. The van der Waals surface area contributed by atoms with Crippen LogP contribution >= 0.6 is 11.6 Å². The number of tetrazole rings is 1. The van der Waals surface area contributed by atoms with Crippen molar-refractivity contribution >= 4 is 17.3 Å². The zero-order chi connectivity index (χ0) is 15.2. The maximum Gasteiger partial charge on any atom is 0.183 e. The Labute approximate surface area is 129 Å². The number of halogens is 1. The Hall–Kier alpha value is -1.66. The number of aromatic nitrogens is 4. The molecule has 6 nitrogen and oxygen atoms in total. The highest BCUT2D eigenvalue weighted by Gasteiger charge is 2.12. The lowest BCUT2D eigenvalue weighted by molar-refractivity contribution is 0.0753. The zero-order valence-electron chi connectivity index (χ0n) is 12.3. The molecule has 0 spiro atoms. The summed E-state index contributed by atoms with van der Waals surface area (Å²) in [5.74, 6) is 0.636. The SMILES string of the molecule is CC(C)OCCCCn1nnnc1-c1cc(N)ccc1Cl. The van der Waals surface area contributed by atoms with Gasteiger partial charge in [-0.05, 0) is 55.3 Å². The van der Waals surface area contributed by atoms with Crippen LogP contribution in [0.5, 0.6) is 0 Å². The van der Waals surface area contributed by atoms with Crippen LogP contribution in [0.3, 0.4) is 0 Å². The molecule has 21 heavy (non-hydrogen) atoms. The second-order valence-electron chi connectivity index (χ2n) is 5.09. The highest BCUT2D eigenvalue weighted by atomic mass is 35.5. The molecule has 0 radical (unpaired) electrons. The number of hydrogen-bond donors (Lipinski definition) is 1. The Balaban J connectivity index is 2.00. The van der Waals surface area contributed by atoms with E-state index in [1.807, 2.05) is 13.8 Å². The lowest BCUT2D eigenvalue weighted by Crippen LogP contribution is -2.07. The summed E-state index contributed by atoms with van der Waals surface area (Å²) in [5.41, 5.74) is 7.18. The maximum atomic E-state index is 6.19. The van der Waals surface area contributed by atoms with E-state index in [0.29, 0.717) is 16.5 Å². The molecule has 1 heterocycles. The van der Waals surface area contributed by atoms with Crippen molar-refractivity contribution in [3.8, 4) is 11.4 Å². The number of ether oxygens (including phenoxy) is 1. The molecule has 114 valence electrons. The summed E-state index contributed by atoms with van der Waals surface area (Å²) in [6.07, 6.45) is 2.16. The number of unbranched alkanes of at least 4 members (excludes halogenated alkanes) is 1. The molecular formula is C14H20ClN5O. The Morgan fingerprint density at radius 3 is 2.90 bits per heavy atom. The van der Waals surface area contributed by atoms with E-state index in [-0.39, 0.29) is 6.10 Å². The Morgan fingerprint density at radius 1 is 1.33 bits per heavy atom. The van der Waals surface area contributed by atoms with Crippen molar-refractivity contribution in [2.75, 3.05) is 12.3 Å². The van der Waals surface area contributed by atoms with Crippen molar-refractivity contribution in [3.05, 3.63) is 23.2 Å². The number of hydrogen-bond acceptors (Lipinski definition) is 5. The summed E-state index contributed by atoms with van der Waals surface area (Å²) in [7, 11) is 0. The van der Waals surface area contributed by atoms with E-state index in [4.69, 9.17) is 22.1 Å². The van der Waals surface area contributed by atoms with Gasteiger partial charge < -0.3 is 10.5 Å². The molecule has 7 heteroatoms. The van der Waals surface area contributed by atoms with Gasteiger partial charge in [-0.15, -0.1) is 5.10 Å². The van der Waals surface area contributed by atoms with Crippen molar-refractivity contribution in [3.63, 3.8) is 0 Å². The number of benzene rings is 1. The van der Waals surface area contributed by atoms with Crippen molar-refractivity contribution in [2.24, 2.45) is 0 Å². The number of nitrogen functional groups attached to an aromatic ring is 1. The van der Waals surface area contributed by atoms with Gasteiger partial charge in [0.1, 0.15) is 0 Å². The molecular weight excluding hydrogens is 290 g/mol. The van der Waals surface area contributed by atoms with E-state index in [1.165, 1.54) is 0 Å². The smallest absolute Gasteiger partial charge is 0.183 e. The fourth-order valence-electron chi connectivity index (χ4n) is 1.95. The van der Waals surface area contributed by atoms with Crippen LogP contribution in [0.1, 0.15) is 26.7 Å². The van der Waals surface area contributed by atoms with Gasteiger partial charge in [0.05, 0.1) is 11.1 Å². The molecule has 0 unspecified atom stereocenters. The summed E-state index contributed by atoms with van der Waals surface area (Å²) < 4.78 is 7.26. The number of nitrogens with two attached hydrogens (primary N) is 1. The highest BCUT2D eigenvalue weighted by Crippen LogP contribution is 2.27. The average molecular weight is 310 g/mol. The van der Waals surface area contributed by atoms with Gasteiger partial charge in [0, 0.05) is 24.4 Å².